The third-order valence-electron chi connectivity index (χ3n) is 2.98. The van der Waals surface area contributed by atoms with Crippen LogP contribution in [0.4, 0.5) is 18.9 Å². The van der Waals surface area contributed by atoms with E-state index < -0.39 is 11.7 Å². The number of nitrogens with two attached hydrogens (primary N) is 1. The molecule has 1 rings (SSSR count). The van der Waals surface area contributed by atoms with Gasteiger partial charge in [-0.3, -0.25) is 4.90 Å². The Hall–Kier alpha value is -1.78. The fourth-order valence-corrected chi connectivity index (χ4v) is 1.94. The van der Waals surface area contributed by atoms with Gasteiger partial charge in [-0.1, -0.05) is 6.07 Å². The zero-order chi connectivity index (χ0) is 15.9. The Labute approximate surface area is 121 Å². The van der Waals surface area contributed by atoms with E-state index in [-0.39, 0.29) is 24.2 Å². The van der Waals surface area contributed by atoms with Crippen LogP contribution < -0.4 is 5.73 Å². The number of benzene rings is 1. The molecule has 0 spiro atoms. The van der Waals surface area contributed by atoms with Gasteiger partial charge < -0.3 is 10.5 Å². The number of anilines is 1. The number of nitrogen functional groups attached to an aromatic ring is 1. The molecule has 0 heterocycles. The Bertz CT molecular complexity index is 497. The minimum absolute atomic E-state index is 0.0755. The van der Waals surface area contributed by atoms with Gasteiger partial charge >= 0.3 is 6.18 Å². The fraction of sp³-hybridized carbons (Fsp3) is 0.500. The van der Waals surface area contributed by atoms with Gasteiger partial charge in [-0.05, 0) is 17.7 Å². The van der Waals surface area contributed by atoms with Gasteiger partial charge in [0.05, 0.1) is 18.2 Å². The molecule has 0 aliphatic heterocycles. The van der Waals surface area contributed by atoms with E-state index in [1.54, 1.807) is 4.90 Å². The van der Waals surface area contributed by atoms with Gasteiger partial charge in [0.15, 0.2) is 0 Å². The predicted octanol–water partition coefficient (Wildman–Crippen LogP) is 2.65. The molecule has 1 aromatic rings. The van der Waals surface area contributed by atoms with Gasteiger partial charge in [0.2, 0.25) is 0 Å². The lowest BCUT2D eigenvalue weighted by molar-refractivity contribution is -0.138. The molecule has 0 atom stereocenters. The average molecular weight is 301 g/mol. The van der Waals surface area contributed by atoms with Gasteiger partial charge in [-0.15, -0.1) is 0 Å². The van der Waals surface area contributed by atoms with Crippen molar-refractivity contribution in [3.8, 4) is 6.07 Å². The molecule has 1 aromatic carbocycles. The van der Waals surface area contributed by atoms with Crippen molar-refractivity contribution < 1.29 is 17.9 Å². The van der Waals surface area contributed by atoms with E-state index >= 15 is 0 Å². The molecular weight excluding hydrogens is 283 g/mol. The van der Waals surface area contributed by atoms with E-state index in [0.717, 1.165) is 6.07 Å². The fourth-order valence-electron chi connectivity index (χ4n) is 1.94. The van der Waals surface area contributed by atoms with Gasteiger partial charge in [0, 0.05) is 38.9 Å². The molecule has 21 heavy (non-hydrogen) atoms. The highest BCUT2D eigenvalue weighted by molar-refractivity contribution is 5.46. The number of alkyl halides is 3. The van der Waals surface area contributed by atoms with E-state index in [0.29, 0.717) is 19.7 Å². The molecule has 0 bridgehead atoms. The molecule has 4 nitrogen and oxygen atoms in total. The van der Waals surface area contributed by atoms with Crippen molar-refractivity contribution in [2.24, 2.45) is 0 Å². The van der Waals surface area contributed by atoms with Crippen LogP contribution in [0, 0.1) is 11.3 Å². The smallest absolute Gasteiger partial charge is 0.399 e. The lowest BCUT2D eigenvalue weighted by atomic mass is 10.1. The Morgan fingerprint density at radius 1 is 1.33 bits per heavy atom. The summed E-state index contributed by atoms with van der Waals surface area (Å²) >= 11 is 0. The normalized spacial score (nSPS) is 11.6. The minimum Gasteiger partial charge on any atom is -0.399 e. The van der Waals surface area contributed by atoms with E-state index in [4.69, 9.17) is 15.7 Å². The maximum atomic E-state index is 13.0. The molecule has 0 aliphatic rings. The van der Waals surface area contributed by atoms with Crippen molar-refractivity contribution in [3.05, 3.63) is 29.3 Å². The largest absolute Gasteiger partial charge is 0.416 e. The molecule has 0 radical (unpaired) electrons. The monoisotopic (exact) mass is 301 g/mol. The molecule has 0 saturated heterocycles. The second-order valence-electron chi connectivity index (χ2n) is 4.59. The summed E-state index contributed by atoms with van der Waals surface area (Å²) in [7, 11) is 1.52. The molecule has 0 amide bonds. The first kappa shape index (κ1) is 17.3. The first-order valence-corrected chi connectivity index (χ1v) is 6.42. The third kappa shape index (κ3) is 5.61. The molecule has 0 aliphatic carbocycles. The number of nitrogens with zero attached hydrogens (tertiary/aromatic N) is 2. The molecular formula is C14H18F3N3O. The van der Waals surface area contributed by atoms with Gasteiger partial charge in [-0.25, -0.2) is 0 Å². The highest BCUT2D eigenvalue weighted by Crippen LogP contribution is 2.33. The van der Waals surface area contributed by atoms with Crippen LogP contribution in [0.5, 0.6) is 0 Å². The summed E-state index contributed by atoms with van der Waals surface area (Å²) in [5, 5.41) is 8.62. The van der Waals surface area contributed by atoms with Crippen LogP contribution in [0.1, 0.15) is 17.5 Å². The van der Waals surface area contributed by atoms with Crippen molar-refractivity contribution in [2.75, 3.05) is 32.5 Å². The van der Waals surface area contributed by atoms with E-state index in [2.05, 4.69) is 0 Å². The number of methoxy groups -OCH3 is 1. The predicted molar refractivity (Wildman–Crippen MR) is 73.2 cm³/mol. The Morgan fingerprint density at radius 2 is 2.05 bits per heavy atom. The van der Waals surface area contributed by atoms with Gasteiger partial charge in [-0.2, -0.15) is 18.4 Å². The standard InChI is InChI=1S/C14H18F3N3O/c1-21-8-7-20(6-2-5-18)10-11-3-4-12(19)9-13(11)14(15,16)17/h3-4,9H,2,6-8,10,19H2,1H3. The molecule has 2 N–H and O–H groups in total. The van der Waals surface area contributed by atoms with E-state index in [1.807, 2.05) is 6.07 Å². The Kier molecular flexibility index (Phi) is 6.46. The number of rotatable bonds is 7. The van der Waals surface area contributed by atoms with E-state index in [9.17, 15) is 13.2 Å². The summed E-state index contributed by atoms with van der Waals surface area (Å²) in [6, 6.07) is 5.76. The van der Waals surface area contributed by atoms with Crippen LogP contribution in [0.3, 0.4) is 0 Å². The van der Waals surface area contributed by atoms with Crippen molar-refractivity contribution in [1.29, 1.82) is 5.26 Å². The number of halogens is 3. The van der Waals surface area contributed by atoms with Crippen LogP contribution in [0.25, 0.3) is 0 Å². The SMILES string of the molecule is COCCN(CCC#N)Cc1ccc(N)cc1C(F)(F)F. The Balaban J connectivity index is 2.94. The van der Waals surface area contributed by atoms with Crippen LogP contribution in [0.2, 0.25) is 0 Å². The van der Waals surface area contributed by atoms with Crippen LogP contribution in [-0.2, 0) is 17.5 Å². The first-order valence-electron chi connectivity index (χ1n) is 6.42. The maximum absolute atomic E-state index is 13.0. The lowest BCUT2D eigenvalue weighted by Gasteiger charge is -2.23. The summed E-state index contributed by atoms with van der Waals surface area (Å²) in [4.78, 5) is 1.76. The van der Waals surface area contributed by atoms with Crippen LogP contribution in [0.15, 0.2) is 18.2 Å². The summed E-state index contributed by atoms with van der Waals surface area (Å²) in [5.41, 5.74) is 4.92. The van der Waals surface area contributed by atoms with Gasteiger partial charge in [0.1, 0.15) is 0 Å². The highest BCUT2D eigenvalue weighted by Gasteiger charge is 2.33. The molecule has 0 unspecified atom stereocenters. The van der Waals surface area contributed by atoms with Crippen molar-refractivity contribution in [1.82, 2.24) is 4.90 Å². The first-order chi connectivity index (χ1) is 9.88. The number of nitriles is 1. The molecule has 0 saturated carbocycles. The highest BCUT2D eigenvalue weighted by atomic mass is 19.4. The number of hydrogen-bond donors (Lipinski definition) is 1. The summed E-state index contributed by atoms with van der Waals surface area (Å²) < 4.78 is 44.0. The quantitative estimate of drug-likeness (QED) is 0.786. The van der Waals surface area contributed by atoms with Crippen molar-refractivity contribution in [2.45, 2.75) is 19.1 Å². The Morgan fingerprint density at radius 3 is 2.62 bits per heavy atom. The summed E-state index contributed by atoms with van der Waals surface area (Å²) in [6.45, 7) is 1.34. The zero-order valence-corrected chi connectivity index (χ0v) is 11.8. The van der Waals surface area contributed by atoms with Crippen molar-refractivity contribution >= 4 is 5.69 Å². The second kappa shape index (κ2) is 7.86. The third-order valence-corrected chi connectivity index (χ3v) is 2.98. The lowest BCUT2D eigenvalue weighted by Crippen LogP contribution is -2.29. The maximum Gasteiger partial charge on any atom is 0.416 e. The zero-order valence-electron chi connectivity index (χ0n) is 11.8. The van der Waals surface area contributed by atoms with E-state index in [1.165, 1.54) is 19.2 Å². The topological polar surface area (TPSA) is 62.3 Å². The van der Waals surface area contributed by atoms with Crippen LogP contribution in [-0.4, -0.2) is 31.7 Å². The molecule has 7 heteroatoms. The summed E-state index contributed by atoms with van der Waals surface area (Å²) in [6.07, 6.45) is -4.20. The van der Waals surface area contributed by atoms with Crippen LogP contribution >= 0.6 is 0 Å². The molecule has 0 fully saturated rings. The number of ether oxygens (including phenoxy) is 1. The second-order valence-corrected chi connectivity index (χ2v) is 4.59. The average Bonchev–Trinajstić information content (AvgIpc) is 2.42. The number of hydrogen-bond acceptors (Lipinski definition) is 4. The molecule has 0 aromatic heterocycles. The van der Waals surface area contributed by atoms with Crippen molar-refractivity contribution in [3.63, 3.8) is 0 Å². The van der Waals surface area contributed by atoms with Gasteiger partial charge in [0.25, 0.3) is 0 Å². The molecule has 116 valence electrons. The minimum atomic E-state index is -4.45. The summed E-state index contributed by atoms with van der Waals surface area (Å²) in [5.74, 6) is 0.